The first-order chi connectivity index (χ1) is 16.5. The molecule has 1 fully saturated rings. The predicted molar refractivity (Wildman–Crippen MR) is 147 cm³/mol. The van der Waals surface area contributed by atoms with E-state index in [0.29, 0.717) is 25.1 Å². The van der Waals surface area contributed by atoms with Gasteiger partial charge in [0.05, 0.1) is 6.61 Å². The van der Waals surface area contributed by atoms with Crippen molar-refractivity contribution in [2.24, 2.45) is 0 Å². The molecule has 0 radical (unpaired) electrons. The van der Waals surface area contributed by atoms with Crippen molar-refractivity contribution in [1.82, 2.24) is 5.32 Å². The predicted octanol–water partition coefficient (Wildman–Crippen LogP) is 8.46. The van der Waals surface area contributed by atoms with Gasteiger partial charge in [0.1, 0.15) is 5.60 Å². The number of unbranched alkanes of at least 4 members (excludes halogenated alkanes) is 5. The minimum atomic E-state index is -2.68. The quantitative estimate of drug-likeness (QED) is 0.203. The Bertz CT molecular complexity index is 817. The molecular weight excluding hydrogens is 457 g/mol. The van der Waals surface area contributed by atoms with Crippen LogP contribution >= 0.6 is 7.37 Å². The highest BCUT2D eigenvalue weighted by atomic mass is 31.2. The summed E-state index contributed by atoms with van der Waals surface area (Å²) < 4.78 is 23.9. The molecule has 6 heteroatoms. The Morgan fingerprint density at radius 3 is 2.37 bits per heavy atom. The van der Waals surface area contributed by atoms with Crippen molar-refractivity contribution in [1.29, 1.82) is 0 Å². The van der Waals surface area contributed by atoms with Crippen molar-refractivity contribution < 1.29 is 18.6 Å². The molecule has 0 saturated heterocycles. The summed E-state index contributed by atoms with van der Waals surface area (Å²) in [5, 5.41) is 3.19. The number of aryl methyl sites for hydroxylation is 1. The summed E-state index contributed by atoms with van der Waals surface area (Å²) in [4.78, 5) is 12.7. The third-order valence-electron chi connectivity index (χ3n) is 7.04. The molecule has 35 heavy (non-hydrogen) atoms. The molecule has 1 unspecified atom stereocenters. The molecule has 1 aliphatic rings. The Balaban J connectivity index is 2.01. The lowest BCUT2D eigenvalue weighted by atomic mass is 9.90. The van der Waals surface area contributed by atoms with E-state index in [1.54, 1.807) is 6.66 Å². The number of ether oxygens (including phenoxy) is 1. The van der Waals surface area contributed by atoms with E-state index in [-0.39, 0.29) is 0 Å². The van der Waals surface area contributed by atoms with Crippen LogP contribution < -0.4 is 5.32 Å². The van der Waals surface area contributed by atoms with Gasteiger partial charge in [-0.15, -0.1) is 0 Å². The maximum absolute atomic E-state index is 12.8. The molecule has 1 aliphatic carbocycles. The Morgan fingerprint density at radius 1 is 1.09 bits per heavy atom. The van der Waals surface area contributed by atoms with Crippen LogP contribution in [0.1, 0.15) is 116 Å². The average Bonchev–Trinajstić information content (AvgIpc) is 3.18. The van der Waals surface area contributed by atoms with E-state index in [1.165, 1.54) is 49.7 Å². The van der Waals surface area contributed by atoms with Gasteiger partial charge in [-0.1, -0.05) is 63.3 Å². The van der Waals surface area contributed by atoms with Gasteiger partial charge < -0.3 is 14.6 Å². The highest BCUT2D eigenvalue weighted by molar-refractivity contribution is 7.58. The maximum Gasteiger partial charge on any atom is 0.408 e. The van der Waals surface area contributed by atoms with Gasteiger partial charge in [-0.3, -0.25) is 4.57 Å². The number of hydrogen-bond acceptors (Lipinski definition) is 4. The van der Waals surface area contributed by atoms with Crippen LogP contribution in [0.15, 0.2) is 24.3 Å². The van der Waals surface area contributed by atoms with E-state index >= 15 is 0 Å². The highest BCUT2D eigenvalue weighted by Crippen LogP contribution is 2.49. The van der Waals surface area contributed by atoms with Crippen LogP contribution in [-0.4, -0.2) is 36.7 Å². The third-order valence-corrected chi connectivity index (χ3v) is 8.88. The molecule has 1 aromatic rings. The molecule has 5 nitrogen and oxygen atoms in total. The highest BCUT2D eigenvalue weighted by Gasteiger charge is 2.42. The number of rotatable bonds is 14. The summed E-state index contributed by atoms with van der Waals surface area (Å²) in [6.45, 7) is 11.9. The second kappa shape index (κ2) is 13.8. The topological polar surface area (TPSA) is 64.6 Å². The maximum atomic E-state index is 12.8. The van der Waals surface area contributed by atoms with Crippen molar-refractivity contribution in [3.63, 3.8) is 0 Å². The number of benzene rings is 1. The number of carbonyl (C=O) groups excluding carboxylic acids is 1. The minimum absolute atomic E-state index is 0.372. The Kier molecular flexibility index (Phi) is 11.8. The van der Waals surface area contributed by atoms with E-state index in [2.05, 4.69) is 36.5 Å². The SMILES string of the molecule is CCCCCCCCc1ccc([C@H]2CC[C@@](CCP(C)(=O)OCC)(NC(=O)OC(C)(C)C)C2)cc1. The summed E-state index contributed by atoms with van der Waals surface area (Å²) in [5.41, 5.74) is 1.76. The molecule has 1 N–H and O–H groups in total. The zero-order valence-corrected chi connectivity index (χ0v) is 24.1. The molecule has 1 saturated carbocycles. The fraction of sp³-hybridized carbons (Fsp3) is 0.759. The van der Waals surface area contributed by atoms with Gasteiger partial charge in [0.25, 0.3) is 0 Å². The molecule has 1 amide bonds. The third kappa shape index (κ3) is 11.1. The second-order valence-electron chi connectivity index (χ2n) is 11.5. The molecule has 3 atom stereocenters. The zero-order valence-electron chi connectivity index (χ0n) is 23.2. The molecule has 0 aliphatic heterocycles. The molecule has 2 rings (SSSR count). The van der Waals surface area contributed by atoms with Crippen molar-refractivity contribution >= 4 is 13.5 Å². The fourth-order valence-electron chi connectivity index (χ4n) is 5.15. The molecule has 0 spiro atoms. The Hall–Kier alpha value is -1.32. The number of carbonyl (C=O) groups is 1. The van der Waals surface area contributed by atoms with Crippen LogP contribution in [0.5, 0.6) is 0 Å². The summed E-state index contributed by atoms with van der Waals surface area (Å²) in [7, 11) is -2.68. The van der Waals surface area contributed by atoms with Crippen LogP contribution in [0, 0.1) is 0 Å². The van der Waals surface area contributed by atoms with Gasteiger partial charge in [-0.2, -0.15) is 0 Å². The molecular formula is C29H50NO4P. The minimum Gasteiger partial charge on any atom is -0.444 e. The van der Waals surface area contributed by atoms with Crippen molar-refractivity contribution in [2.75, 3.05) is 19.4 Å². The molecule has 0 aromatic heterocycles. The summed E-state index contributed by atoms with van der Waals surface area (Å²) >= 11 is 0. The Labute approximate surface area is 214 Å². The second-order valence-corrected chi connectivity index (χ2v) is 14.2. The molecule has 1 aromatic carbocycles. The van der Waals surface area contributed by atoms with Crippen LogP contribution in [-0.2, 0) is 20.2 Å². The lowest BCUT2D eigenvalue weighted by molar-refractivity contribution is 0.0452. The smallest absolute Gasteiger partial charge is 0.408 e. The standard InChI is InChI=1S/C29H50NO4P/c1-7-9-10-11-12-13-14-24-15-17-25(18-16-24)26-19-20-29(23-26,21-22-35(6,32)33-8-2)30-27(31)34-28(3,4)5/h15-18,26H,7-14,19-23H2,1-6H3,(H,30,31)/t26-,29-,35?/m0/s1. The van der Waals surface area contributed by atoms with Gasteiger partial charge in [-0.05, 0) is 83.3 Å². The number of amides is 1. The van der Waals surface area contributed by atoms with E-state index in [4.69, 9.17) is 9.26 Å². The monoisotopic (exact) mass is 507 g/mol. The fourth-order valence-corrected chi connectivity index (χ4v) is 6.66. The first-order valence-corrected chi connectivity index (χ1v) is 16.0. The first kappa shape index (κ1) is 29.9. The lowest BCUT2D eigenvalue weighted by Gasteiger charge is -2.33. The summed E-state index contributed by atoms with van der Waals surface area (Å²) in [6.07, 6.45) is 12.4. The van der Waals surface area contributed by atoms with E-state index in [9.17, 15) is 9.36 Å². The van der Waals surface area contributed by atoms with E-state index in [1.807, 2.05) is 27.7 Å². The number of hydrogen-bond donors (Lipinski definition) is 1. The summed E-state index contributed by atoms with van der Waals surface area (Å²) in [6, 6.07) is 9.09. The number of nitrogens with one attached hydrogen (secondary N) is 1. The lowest BCUT2D eigenvalue weighted by Crippen LogP contribution is -2.49. The van der Waals surface area contributed by atoms with Crippen LogP contribution in [0.4, 0.5) is 4.79 Å². The Morgan fingerprint density at radius 2 is 1.74 bits per heavy atom. The number of alkyl carbamates (subject to hydrolysis) is 1. The van der Waals surface area contributed by atoms with Crippen molar-refractivity contribution in [3.05, 3.63) is 35.4 Å². The summed E-state index contributed by atoms with van der Waals surface area (Å²) in [5.74, 6) is 0.372. The zero-order chi connectivity index (χ0) is 26.0. The van der Waals surface area contributed by atoms with Gasteiger partial charge in [0, 0.05) is 18.4 Å². The van der Waals surface area contributed by atoms with Crippen LogP contribution in [0.2, 0.25) is 0 Å². The van der Waals surface area contributed by atoms with Crippen molar-refractivity contribution in [3.8, 4) is 0 Å². The van der Waals surface area contributed by atoms with Gasteiger partial charge in [-0.25, -0.2) is 4.79 Å². The largest absolute Gasteiger partial charge is 0.444 e. The van der Waals surface area contributed by atoms with E-state index < -0.39 is 24.6 Å². The van der Waals surface area contributed by atoms with Crippen LogP contribution in [0.3, 0.4) is 0 Å². The van der Waals surface area contributed by atoms with E-state index in [0.717, 1.165) is 25.7 Å². The van der Waals surface area contributed by atoms with Gasteiger partial charge in [0.2, 0.25) is 0 Å². The normalized spacial score (nSPS) is 22.1. The molecule has 0 bridgehead atoms. The average molecular weight is 508 g/mol. The van der Waals surface area contributed by atoms with Crippen molar-refractivity contribution in [2.45, 2.75) is 122 Å². The van der Waals surface area contributed by atoms with Crippen LogP contribution in [0.25, 0.3) is 0 Å². The molecule has 200 valence electrons. The first-order valence-electron chi connectivity index (χ1n) is 13.8. The molecule has 0 heterocycles. The van der Waals surface area contributed by atoms with Gasteiger partial charge >= 0.3 is 6.09 Å². The van der Waals surface area contributed by atoms with Gasteiger partial charge in [0.15, 0.2) is 7.37 Å².